The van der Waals surface area contributed by atoms with Crippen molar-refractivity contribution in [3.63, 3.8) is 0 Å². The molecular weight excluding hydrogens is 280 g/mol. The minimum Gasteiger partial charge on any atom is -0.496 e. The summed E-state index contributed by atoms with van der Waals surface area (Å²) in [4.78, 5) is 0. The van der Waals surface area contributed by atoms with Crippen molar-refractivity contribution in [3.8, 4) is 5.75 Å². The summed E-state index contributed by atoms with van der Waals surface area (Å²) < 4.78 is 6.19. The first-order valence-electron chi connectivity index (χ1n) is 5.29. The molecule has 2 rings (SSSR count). The van der Waals surface area contributed by atoms with Crippen molar-refractivity contribution in [1.29, 1.82) is 0 Å². The van der Waals surface area contributed by atoms with Crippen molar-refractivity contribution in [2.45, 2.75) is 6.10 Å². The van der Waals surface area contributed by atoms with Gasteiger partial charge in [-0.05, 0) is 23.8 Å². The van der Waals surface area contributed by atoms with E-state index >= 15 is 0 Å². The van der Waals surface area contributed by atoms with Gasteiger partial charge in [-0.2, -0.15) is 0 Å². The molecule has 0 aromatic heterocycles. The van der Waals surface area contributed by atoms with Crippen LogP contribution in [0.3, 0.4) is 0 Å². The van der Waals surface area contributed by atoms with Gasteiger partial charge < -0.3 is 9.84 Å². The zero-order chi connectivity index (χ0) is 12.3. The molecule has 0 saturated heterocycles. The van der Waals surface area contributed by atoms with Crippen molar-refractivity contribution < 1.29 is 9.84 Å². The van der Waals surface area contributed by atoms with Crippen LogP contribution < -0.4 is 4.74 Å². The monoisotopic (exact) mass is 292 g/mol. The van der Waals surface area contributed by atoms with Gasteiger partial charge in [0.1, 0.15) is 11.9 Å². The number of methoxy groups -OCH3 is 1. The van der Waals surface area contributed by atoms with Crippen LogP contribution in [0, 0.1) is 0 Å². The van der Waals surface area contributed by atoms with E-state index in [4.69, 9.17) is 4.74 Å². The van der Waals surface area contributed by atoms with Crippen LogP contribution in [-0.4, -0.2) is 12.2 Å². The molecule has 0 unspecified atom stereocenters. The smallest absolute Gasteiger partial charge is 0.125 e. The van der Waals surface area contributed by atoms with E-state index in [9.17, 15) is 5.11 Å². The van der Waals surface area contributed by atoms with Gasteiger partial charge in [-0.1, -0.05) is 46.3 Å². The van der Waals surface area contributed by atoms with Crippen molar-refractivity contribution in [3.05, 3.63) is 64.1 Å². The third-order valence-electron chi connectivity index (χ3n) is 2.60. The molecule has 0 bridgehead atoms. The zero-order valence-corrected chi connectivity index (χ0v) is 11.0. The van der Waals surface area contributed by atoms with Crippen molar-refractivity contribution >= 4 is 15.9 Å². The molecule has 0 aliphatic heterocycles. The van der Waals surface area contributed by atoms with Crippen molar-refractivity contribution in [2.24, 2.45) is 0 Å². The first kappa shape index (κ1) is 12.1. The summed E-state index contributed by atoms with van der Waals surface area (Å²) in [5.41, 5.74) is 1.61. The molecule has 2 aromatic carbocycles. The maximum atomic E-state index is 10.3. The minimum absolute atomic E-state index is 0.677. The molecule has 3 heteroatoms. The topological polar surface area (TPSA) is 29.5 Å². The SMILES string of the molecule is COc1ccccc1[C@@H](O)c1cccc(Br)c1. The molecule has 0 aliphatic carbocycles. The van der Waals surface area contributed by atoms with Gasteiger partial charge in [0.05, 0.1) is 7.11 Å². The van der Waals surface area contributed by atoms with Gasteiger partial charge in [0.25, 0.3) is 0 Å². The van der Waals surface area contributed by atoms with Crippen molar-refractivity contribution in [1.82, 2.24) is 0 Å². The summed E-state index contributed by atoms with van der Waals surface area (Å²) in [6.45, 7) is 0. The molecular formula is C14H13BrO2. The molecule has 88 valence electrons. The van der Waals surface area contributed by atoms with Crippen LogP contribution in [0.25, 0.3) is 0 Å². The maximum absolute atomic E-state index is 10.3. The van der Waals surface area contributed by atoms with Gasteiger partial charge in [0.2, 0.25) is 0 Å². The Labute approximate surface area is 109 Å². The minimum atomic E-state index is -0.677. The summed E-state index contributed by atoms with van der Waals surface area (Å²) in [5.74, 6) is 0.694. The van der Waals surface area contributed by atoms with E-state index in [-0.39, 0.29) is 0 Å². The molecule has 0 heterocycles. The summed E-state index contributed by atoms with van der Waals surface area (Å²) in [5, 5.41) is 10.3. The number of aliphatic hydroxyl groups is 1. The highest BCUT2D eigenvalue weighted by Crippen LogP contribution is 2.30. The fourth-order valence-electron chi connectivity index (χ4n) is 1.75. The lowest BCUT2D eigenvalue weighted by Crippen LogP contribution is -2.02. The molecule has 0 radical (unpaired) electrons. The number of para-hydroxylation sites is 1. The van der Waals surface area contributed by atoms with Crippen LogP contribution >= 0.6 is 15.9 Å². The van der Waals surface area contributed by atoms with E-state index < -0.39 is 6.10 Å². The first-order chi connectivity index (χ1) is 8.22. The highest BCUT2D eigenvalue weighted by atomic mass is 79.9. The lowest BCUT2D eigenvalue weighted by atomic mass is 10.0. The van der Waals surface area contributed by atoms with E-state index in [1.54, 1.807) is 7.11 Å². The van der Waals surface area contributed by atoms with Crippen LogP contribution in [0.1, 0.15) is 17.2 Å². The maximum Gasteiger partial charge on any atom is 0.125 e. The second kappa shape index (κ2) is 5.34. The van der Waals surface area contributed by atoms with Crippen LogP contribution in [0.2, 0.25) is 0 Å². The highest BCUT2D eigenvalue weighted by molar-refractivity contribution is 9.10. The Balaban J connectivity index is 2.40. The van der Waals surface area contributed by atoms with Gasteiger partial charge in [-0.15, -0.1) is 0 Å². The number of ether oxygens (including phenoxy) is 1. The quantitative estimate of drug-likeness (QED) is 0.938. The van der Waals surface area contributed by atoms with Crippen LogP contribution in [0.15, 0.2) is 53.0 Å². The molecule has 1 atom stereocenters. The predicted molar refractivity (Wildman–Crippen MR) is 71.2 cm³/mol. The van der Waals surface area contributed by atoms with Gasteiger partial charge in [0, 0.05) is 10.0 Å². The average Bonchev–Trinajstić information content (AvgIpc) is 2.38. The molecule has 0 saturated carbocycles. The van der Waals surface area contributed by atoms with E-state index in [1.807, 2.05) is 48.5 Å². The normalized spacial score (nSPS) is 12.2. The molecule has 0 aliphatic rings. The fourth-order valence-corrected chi connectivity index (χ4v) is 2.17. The Bertz CT molecular complexity index is 511. The third-order valence-corrected chi connectivity index (χ3v) is 3.09. The van der Waals surface area contributed by atoms with Crippen LogP contribution in [-0.2, 0) is 0 Å². The van der Waals surface area contributed by atoms with E-state index in [1.165, 1.54) is 0 Å². The lowest BCUT2D eigenvalue weighted by Gasteiger charge is -2.15. The molecule has 2 nitrogen and oxygen atoms in total. The Hall–Kier alpha value is -1.32. The number of hydrogen-bond acceptors (Lipinski definition) is 2. The van der Waals surface area contributed by atoms with Crippen LogP contribution in [0.5, 0.6) is 5.75 Å². The number of hydrogen-bond donors (Lipinski definition) is 1. The lowest BCUT2D eigenvalue weighted by molar-refractivity contribution is 0.214. The molecule has 17 heavy (non-hydrogen) atoms. The summed E-state index contributed by atoms with van der Waals surface area (Å²) in [6.07, 6.45) is -0.677. The van der Waals surface area contributed by atoms with Gasteiger partial charge in [-0.25, -0.2) is 0 Å². The van der Waals surface area contributed by atoms with Gasteiger partial charge in [0.15, 0.2) is 0 Å². The standard InChI is InChI=1S/C14H13BrO2/c1-17-13-8-3-2-7-12(13)14(16)10-5-4-6-11(15)9-10/h2-9,14,16H,1H3/t14-/m0/s1. The number of benzene rings is 2. The number of aliphatic hydroxyl groups excluding tert-OH is 1. The second-order valence-electron chi connectivity index (χ2n) is 3.70. The summed E-state index contributed by atoms with van der Waals surface area (Å²) in [7, 11) is 1.60. The number of halogens is 1. The Morgan fingerprint density at radius 3 is 2.59 bits per heavy atom. The van der Waals surface area contributed by atoms with E-state index in [0.29, 0.717) is 5.75 Å². The van der Waals surface area contributed by atoms with Crippen LogP contribution in [0.4, 0.5) is 0 Å². The predicted octanol–water partition coefficient (Wildman–Crippen LogP) is 3.54. The average molecular weight is 293 g/mol. The molecule has 1 N–H and O–H groups in total. The van der Waals surface area contributed by atoms with E-state index in [2.05, 4.69) is 15.9 Å². The first-order valence-corrected chi connectivity index (χ1v) is 6.08. The zero-order valence-electron chi connectivity index (χ0n) is 9.43. The summed E-state index contributed by atoms with van der Waals surface area (Å²) >= 11 is 3.40. The largest absolute Gasteiger partial charge is 0.496 e. The second-order valence-corrected chi connectivity index (χ2v) is 4.62. The Morgan fingerprint density at radius 1 is 1.12 bits per heavy atom. The van der Waals surface area contributed by atoms with Gasteiger partial charge in [-0.3, -0.25) is 0 Å². The molecule has 0 amide bonds. The Morgan fingerprint density at radius 2 is 1.88 bits per heavy atom. The van der Waals surface area contributed by atoms with Gasteiger partial charge >= 0.3 is 0 Å². The molecule has 0 fully saturated rings. The number of rotatable bonds is 3. The van der Waals surface area contributed by atoms with Crippen molar-refractivity contribution in [2.75, 3.05) is 7.11 Å². The highest BCUT2D eigenvalue weighted by Gasteiger charge is 2.14. The summed E-state index contributed by atoms with van der Waals surface area (Å²) in [6, 6.07) is 15.1. The third kappa shape index (κ3) is 2.68. The fraction of sp³-hybridized carbons (Fsp3) is 0.143. The Kier molecular flexibility index (Phi) is 3.82. The van der Waals surface area contributed by atoms with E-state index in [0.717, 1.165) is 15.6 Å². The molecule has 2 aromatic rings. The molecule has 0 spiro atoms.